The molecule has 2 heteroatoms. The Morgan fingerprint density at radius 3 is 2.07 bits per heavy atom. The van der Waals surface area contributed by atoms with Gasteiger partial charge in [0.2, 0.25) is 0 Å². The largest absolute Gasteiger partial charge is 1.00 e. The van der Waals surface area contributed by atoms with Gasteiger partial charge in [0.05, 0.1) is 26.2 Å². The molecule has 0 aromatic carbocycles. The second-order valence-corrected chi connectivity index (χ2v) is 5.46. The standard InChI is InChI=1S/C12H24N.HI/c1-11-7-3-4-8-12(11)13(2)9-5-6-10-13;/h11-12H,3-10H2,1-2H3;1H/q+1;/p-1. The molecule has 1 saturated carbocycles. The third-order valence-corrected chi connectivity index (χ3v) is 4.45. The minimum Gasteiger partial charge on any atom is -1.00 e. The molecule has 2 rings (SSSR count). The molecule has 2 aliphatic rings. The number of nitrogens with zero attached hydrogens (tertiary/aromatic N) is 1. The van der Waals surface area contributed by atoms with Gasteiger partial charge in [-0.25, -0.2) is 0 Å². The van der Waals surface area contributed by atoms with Gasteiger partial charge in [-0.05, 0) is 19.3 Å². The Labute approximate surface area is 106 Å². The van der Waals surface area contributed by atoms with Gasteiger partial charge in [0.15, 0.2) is 0 Å². The Kier molecular flexibility index (Phi) is 4.69. The Balaban J connectivity index is 0.000000980. The maximum Gasteiger partial charge on any atom is 0.0914 e. The molecule has 0 spiro atoms. The van der Waals surface area contributed by atoms with Crippen molar-refractivity contribution in [3.05, 3.63) is 0 Å². The van der Waals surface area contributed by atoms with Crippen molar-refractivity contribution in [2.45, 2.75) is 51.5 Å². The fourth-order valence-electron chi connectivity index (χ4n) is 3.61. The quantitative estimate of drug-likeness (QED) is 0.465. The maximum atomic E-state index is 2.50. The summed E-state index contributed by atoms with van der Waals surface area (Å²) < 4.78 is 1.40. The summed E-state index contributed by atoms with van der Waals surface area (Å²) in [5.41, 5.74) is 0. The van der Waals surface area contributed by atoms with Crippen LogP contribution in [-0.2, 0) is 0 Å². The molecule has 0 N–H and O–H groups in total. The normalized spacial score (nSPS) is 36.4. The smallest absolute Gasteiger partial charge is 0.0914 e. The average Bonchev–Trinajstić information content (AvgIpc) is 2.54. The van der Waals surface area contributed by atoms with E-state index in [4.69, 9.17) is 0 Å². The van der Waals surface area contributed by atoms with E-state index in [0.717, 1.165) is 12.0 Å². The summed E-state index contributed by atoms with van der Waals surface area (Å²) in [4.78, 5) is 0. The molecule has 84 valence electrons. The van der Waals surface area contributed by atoms with E-state index >= 15 is 0 Å². The van der Waals surface area contributed by atoms with Gasteiger partial charge in [0.25, 0.3) is 0 Å². The lowest BCUT2D eigenvalue weighted by molar-refractivity contribution is -0.927. The first-order valence-corrected chi connectivity index (χ1v) is 6.07. The summed E-state index contributed by atoms with van der Waals surface area (Å²) in [7, 11) is 2.50. The average molecular weight is 309 g/mol. The highest BCUT2D eigenvalue weighted by atomic mass is 127. The first-order valence-electron chi connectivity index (χ1n) is 6.07. The molecule has 0 aromatic heterocycles. The van der Waals surface area contributed by atoms with Crippen molar-refractivity contribution >= 4 is 0 Å². The summed E-state index contributed by atoms with van der Waals surface area (Å²) in [5.74, 6) is 0.983. The van der Waals surface area contributed by atoms with E-state index in [-0.39, 0.29) is 24.0 Å². The molecule has 1 saturated heterocycles. The highest BCUT2D eigenvalue weighted by molar-refractivity contribution is 4.75. The van der Waals surface area contributed by atoms with Crippen LogP contribution in [0.3, 0.4) is 0 Å². The molecule has 2 unspecified atom stereocenters. The highest BCUT2D eigenvalue weighted by Gasteiger charge is 2.39. The first kappa shape index (κ1) is 12.8. The third-order valence-electron chi connectivity index (χ3n) is 4.45. The van der Waals surface area contributed by atoms with Crippen LogP contribution < -0.4 is 24.0 Å². The van der Waals surface area contributed by atoms with Crippen LogP contribution in [0, 0.1) is 5.92 Å². The van der Waals surface area contributed by atoms with Gasteiger partial charge in [0, 0.05) is 18.8 Å². The number of hydrogen-bond acceptors (Lipinski definition) is 0. The lowest BCUT2D eigenvalue weighted by atomic mass is 9.84. The van der Waals surface area contributed by atoms with Crippen molar-refractivity contribution in [3.63, 3.8) is 0 Å². The molecular weight excluding hydrogens is 285 g/mol. The highest BCUT2D eigenvalue weighted by Crippen LogP contribution is 2.34. The number of halogens is 1. The molecule has 2 fully saturated rings. The summed E-state index contributed by atoms with van der Waals surface area (Å²) in [6.07, 6.45) is 8.90. The molecule has 2 atom stereocenters. The van der Waals surface area contributed by atoms with E-state index in [2.05, 4.69) is 14.0 Å². The van der Waals surface area contributed by atoms with Gasteiger partial charge < -0.3 is 28.5 Å². The van der Waals surface area contributed by atoms with Crippen LogP contribution in [0.1, 0.15) is 45.4 Å². The lowest BCUT2D eigenvalue weighted by Gasteiger charge is -2.43. The van der Waals surface area contributed by atoms with E-state index < -0.39 is 0 Å². The van der Waals surface area contributed by atoms with E-state index in [1.165, 1.54) is 56.1 Å². The zero-order chi connectivity index (χ0) is 9.31. The monoisotopic (exact) mass is 309 g/mol. The molecule has 14 heavy (non-hydrogen) atoms. The van der Waals surface area contributed by atoms with Crippen molar-refractivity contribution in [2.24, 2.45) is 5.92 Å². The molecule has 1 aliphatic heterocycles. The molecule has 1 heterocycles. The molecule has 0 radical (unpaired) electrons. The van der Waals surface area contributed by atoms with Gasteiger partial charge in [-0.1, -0.05) is 13.3 Å². The predicted molar refractivity (Wildman–Crippen MR) is 56.6 cm³/mol. The molecule has 0 bridgehead atoms. The molecular formula is C12H24IN. The second-order valence-electron chi connectivity index (χ2n) is 5.46. The van der Waals surface area contributed by atoms with E-state index in [0.29, 0.717) is 0 Å². The van der Waals surface area contributed by atoms with Crippen molar-refractivity contribution in [1.29, 1.82) is 0 Å². The SMILES string of the molecule is CC1CCCCC1[N+]1(C)CCCC1.[I-]. The third kappa shape index (κ3) is 2.43. The maximum absolute atomic E-state index is 2.50. The minimum absolute atomic E-state index is 0. The Bertz CT molecular complexity index is 175. The van der Waals surface area contributed by atoms with E-state index in [1.807, 2.05) is 0 Å². The number of rotatable bonds is 1. The van der Waals surface area contributed by atoms with Crippen molar-refractivity contribution in [2.75, 3.05) is 20.1 Å². The van der Waals surface area contributed by atoms with Gasteiger partial charge in [-0.3, -0.25) is 0 Å². The Morgan fingerprint density at radius 1 is 0.929 bits per heavy atom. The summed E-state index contributed by atoms with van der Waals surface area (Å²) >= 11 is 0. The van der Waals surface area contributed by atoms with E-state index in [1.54, 1.807) is 0 Å². The van der Waals surface area contributed by atoms with Crippen LogP contribution in [0.25, 0.3) is 0 Å². The van der Waals surface area contributed by atoms with Crippen LogP contribution in [0.5, 0.6) is 0 Å². The van der Waals surface area contributed by atoms with Gasteiger partial charge >= 0.3 is 0 Å². The van der Waals surface area contributed by atoms with E-state index in [9.17, 15) is 0 Å². The molecule has 1 aliphatic carbocycles. The van der Waals surface area contributed by atoms with Crippen LogP contribution >= 0.6 is 0 Å². The summed E-state index contributed by atoms with van der Waals surface area (Å²) in [5, 5.41) is 0. The fourth-order valence-corrected chi connectivity index (χ4v) is 3.61. The van der Waals surface area contributed by atoms with Crippen LogP contribution in [0.15, 0.2) is 0 Å². The zero-order valence-electron chi connectivity index (χ0n) is 9.64. The van der Waals surface area contributed by atoms with Gasteiger partial charge in [-0.2, -0.15) is 0 Å². The van der Waals surface area contributed by atoms with Gasteiger partial charge in [-0.15, -0.1) is 0 Å². The Morgan fingerprint density at radius 2 is 1.50 bits per heavy atom. The second kappa shape index (κ2) is 5.15. The van der Waals surface area contributed by atoms with Crippen molar-refractivity contribution in [1.82, 2.24) is 0 Å². The topological polar surface area (TPSA) is 0 Å². The molecule has 0 aromatic rings. The summed E-state index contributed by atoms with van der Waals surface area (Å²) in [6, 6.07) is 0.997. The Hall–Kier alpha value is 0.690. The molecule has 0 amide bonds. The lowest BCUT2D eigenvalue weighted by Crippen LogP contribution is -3.00. The first-order chi connectivity index (χ1) is 6.22. The number of hydrogen-bond donors (Lipinski definition) is 0. The van der Waals surface area contributed by atoms with Crippen LogP contribution in [0.2, 0.25) is 0 Å². The van der Waals surface area contributed by atoms with Crippen molar-refractivity contribution < 1.29 is 28.5 Å². The van der Waals surface area contributed by atoms with Crippen LogP contribution in [0.4, 0.5) is 0 Å². The number of quaternary nitrogens is 1. The van der Waals surface area contributed by atoms with Crippen molar-refractivity contribution in [3.8, 4) is 0 Å². The van der Waals surface area contributed by atoms with Crippen LogP contribution in [-0.4, -0.2) is 30.7 Å². The zero-order valence-corrected chi connectivity index (χ0v) is 11.8. The minimum atomic E-state index is 0. The predicted octanol–water partition coefficient (Wildman–Crippen LogP) is -0.190. The van der Waals surface area contributed by atoms with Gasteiger partial charge in [0.1, 0.15) is 0 Å². The fraction of sp³-hybridized carbons (Fsp3) is 1.00. The molecule has 1 nitrogen and oxygen atoms in total. The number of likely N-dealkylation sites (tertiary alicyclic amines) is 1. The summed E-state index contributed by atoms with van der Waals surface area (Å²) in [6.45, 7) is 5.38.